The lowest BCUT2D eigenvalue weighted by Crippen LogP contribution is -2.57. The lowest BCUT2D eigenvalue weighted by molar-refractivity contribution is -0.143. The number of carboxylic acids is 1. The van der Waals surface area contributed by atoms with Crippen LogP contribution < -0.4 is 38.9 Å². The fourth-order valence-electron chi connectivity index (χ4n) is 2.88. The molecule has 4 unspecified atom stereocenters. The lowest BCUT2D eigenvalue weighted by Gasteiger charge is -2.25. The fraction of sp³-hybridized carbons (Fsp3) is 0.700. The van der Waals surface area contributed by atoms with Crippen LogP contribution in [0.5, 0.6) is 0 Å². The maximum atomic E-state index is 13.0. The van der Waals surface area contributed by atoms with Crippen LogP contribution in [0.3, 0.4) is 0 Å². The van der Waals surface area contributed by atoms with Crippen molar-refractivity contribution in [3.8, 4) is 0 Å². The second-order valence-electron chi connectivity index (χ2n) is 7.81. The van der Waals surface area contributed by atoms with E-state index in [1.165, 1.54) is 23.5 Å². The molecule has 206 valence electrons. The molecule has 4 atom stereocenters. The van der Waals surface area contributed by atoms with Crippen molar-refractivity contribution in [2.24, 2.45) is 27.9 Å². The number of aliphatic carboxylic acids is 1. The van der Waals surface area contributed by atoms with Gasteiger partial charge in [0, 0.05) is 6.54 Å². The Labute approximate surface area is 218 Å². The second-order valence-corrected chi connectivity index (χ2v) is 9.78. The second kappa shape index (κ2) is 18.5. The fourth-order valence-corrected chi connectivity index (χ4v) is 3.83. The Morgan fingerprint density at radius 2 is 1.28 bits per heavy atom. The number of carbonyl (C=O) groups excluding carboxylic acids is 4. The molecule has 0 aromatic carbocycles. The number of hydrogen-bond acceptors (Lipinski definition) is 9. The van der Waals surface area contributed by atoms with Gasteiger partial charge in [-0.15, -0.1) is 0 Å². The van der Waals surface area contributed by atoms with Crippen molar-refractivity contribution in [1.29, 1.82) is 0 Å². The Hall–Kier alpha value is -2.72. The highest BCUT2D eigenvalue weighted by atomic mass is 32.2. The monoisotopic (exact) mass is 550 g/mol. The number of carboxylic acid groups (broad SMARTS) is 1. The van der Waals surface area contributed by atoms with Crippen LogP contribution in [0.15, 0.2) is 4.99 Å². The van der Waals surface area contributed by atoms with Gasteiger partial charge in [0.25, 0.3) is 0 Å². The predicted molar refractivity (Wildman–Crippen MR) is 141 cm³/mol. The molecule has 14 nitrogen and oxygen atoms in total. The zero-order valence-corrected chi connectivity index (χ0v) is 22.2. The highest BCUT2D eigenvalue weighted by molar-refractivity contribution is 7.98. The standard InChI is InChI=1S/C20H38N8O6S2/c1-35-8-5-12(26-16(30)11(21)4-3-7-25-20(23)24)17(31)27-13(6-9-36-2)18(32)28-14(19(33)34)10-15(22)29/h11-14H,3-10,21H2,1-2H3,(H2,22,29)(H,26,30)(H,27,31)(H,28,32)(H,33,34)(H4,23,24,25). The number of aliphatic imine (C=N–C) groups is 1. The topological polar surface area (TPSA) is 258 Å². The van der Waals surface area contributed by atoms with Crippen molar-refractivity contribution < 1.29 is 29.1 Å². The highest BCUT2D eigenvalue weighted by Gasteiger charge is 2.30. The van der Waals surface area contributed by atoms with Crippen molar-refractivity contribution in [1.82, 2.24) is 16.0 Å². The molecule has 0 aromatic rings. The summed E-state index contributed by atoms with van der Waals surface area (Å²) in [7, 11) is 0. The predicted octanol–water partition coefficient (Wildman–Crippen LogP) is -2.71. The van der Waals surface area contributed by atoms with Gasteiger partial charge >= 0.3 is 5.97 Å². The van der Waals surface area contributed by atoms with E-state index in [1.807, 2.05) is 6.26 Å². The average molecular weight is 551 g/mol. The van der Waals surface area contributed by atoms with Crippen molar-refractivity contribution in [2.45, 2.75) is 56.3 Å². The zero-order chi connectivity index (χ0) is 27.7. The summed E-state index contributed by atoms with van der Waals surface area (Å²) in [6.45, 7) is 0.305. The van der Waals surface area contributed by atoms with E-state index in [0.717, 1.165) is 0 Å². The Kier molecular flexibility index (Phi) is 17.1. The van der Waals surface area contributed by atoms with Gasteiger partial charge in [0.2, 0.25) is 23.6 Å². The number of primary amides is 1. The first-order chi connectivity index (χ1) is 16.9. The Bertz CT molecular complexity index is 781. The van der Waals surface area contributed by atoms with E-state index in [-0.39, 0.29) is 25.2 Å². The number of hydrogen-bond donors (Lipinski definition) is 8. The van der Waals surface area contributed by atoms with E-state index >= 15 is 0 Å². The van der Waals surface area contributed by atoms with Crippen LogP contribution in [0.4, 0.5) is 0 Å². The van der Waals surface area contributed by atoms with Crippen LogP contribution >= 0.6 is 23.5 Å². The summed E-state index contributed by atoms with van der Waals surface area (Å²) in [6, 6.07) is -4.50. The number of carbonyl (C=O) groups is 5. The third-order valence-electron chi connectivity index (χ3n) is 4.81. The molecule has 0 aromatic heterocycles. The molecule has 12 N–H and O–H groups in total. The minimum Gasteiger partial charge on any atom is -0.480 e. The maximum absolute atomic E-state index is 13.0. The van der Waals surface area contributed by atoms with Gasteiger partial charge in [0.05, 0.1) is 12.5 Å². The normalized spacial score (nSPS) is 14.0. The number of amides is 4. The van der Waals surface area contributed by atoms with Crippen molar-refractivity contribution in [2.75, 3.05) is 30.6 Å². The van der Waals surface area contributed by atoms with Crippen LogP contribution in [0, 0.1) is 0 Å². The highest BCUT2D eigenvalue weighted by Crippen LogP contribution is 2.07. The zero-order valence-electron chi connectivity index (χ0n) is 20.5. The molecule has 4 amide bonds. The molecule has 0 bridgehead atoms. The minimum absolute atomic E-state index is 0.0637. The Morgan fingerprint density at radius 3 is 1.69 bits per heavy atom. The third kappa shape index (κ3) is 14.6. The Morgan fingerprint density at radius 1 is 0.806 bits per heavy atom. The first kappa shape index (κ1) is 33.3. The average Bonchev–Trinajstić information content (AvgIpc) is 2.80. The summed E-state index contributed by atoms with van der Waals surface area (Å²) in [5, 5.41) is 16.7. The molecule has 16 heteroatoms. The van der Waals surface area contributed by atoms with E-state index in [2.05, 4.69) is 20.9 Å². The van der Waals surface area contributed by atoms with Crippen molar-refractivity contribution in [3.05, 3.63) is 0 Å². The van der Waals surface area contributed by atoms with E-state index in [9.17, 15) is 29.1 Å². The SMILES string of the molecule is CSCCC(NC(=O)C(N)CCCN=C(N)N)C(=O)NC(CCSC)C(=O)NC(CC(N)=O)C(=O)O. The molecule has 0 aliphatic heterocycles. The summed E-state index contributed by atoms with van der Waals surface area (Å²) < 4.78 is 0. The molecule has 0 saturated heterocycles. The summed E-state index contributed by atoms with van der Waals surface area (Å²) in [5.41, 5.74) is 21.5. The number of nitrogens with zero attached hydrogens (tertiary/aromatic N) is 1. The van der Waals surface area contributed by atoms with Gasteiger partial charge in [0.15, 0.2) is 5.96 Å². The number of thioether (sulfide) groups is 2. The van der Waals surface area contributed by atoms with Gasteiger partial charge in [-0.25, -0.2) is 4.79 Å². The summed E-state index contributed by atoms with van der Waals surface area (Å²) in [5.74, 6) is -3.32. The van der Waals surface area contributed by atoms with E-state index in [1.54, 1.807) is 6.26 Å². The smallest absolute Gasteiger partial charge is 0.326 e. The van der Waals surface area contributed by atoms with Gasteiger partial charge in [-0.05, 0) is 49.7 Å². The molecule has 0 spiro atoms. The quantitative estimate of drug-likeness (QED) is 0.0465. The van der Waals surface area contributed by atoms with Gasteiger partial charge in [-0.3, -0.25) is 24.2 Å². The largest absolute Gasteiger partial charge is 0.480 e. The number of nitrogens with two attached hydrogens (primary N) is 4. The van der Waals surface area contributed by atoms with Crippen molar-refractivity contribution in [3.63, 3.8) is 0 Å². The molecule has 36 heavy (non-hydrogen) atoms. The van der Waals surface area contributed by atoms with E-state index < -0.39 is 60.2 Å². The first-order valence-corrected chi connectivity index (χ1v) is 13.9. The van der Waals surface area contributed by atoms with Crippen LogP contribution in [0.25, 0.3) is 0 Å². The molecule has 0 saturated carbocycles. The van der Waals surface area contributed by atoms with E-state index in [4.69, 9.17) is 22.9 Å². The molecule has 0 aliphatic carbocycles. The lowest BCUT2D eigenvalue weighted by atomic mass is 10.1. The molecule has 0 aliphatic rings. The summed E-state index contributed by atoms with van der Waals surface area (Å²) in [6.07, 6.45) is 4.25. The molecular weight excluding hydrogens is 512 g/mol. The minimum atomic E-state index is -1.53. The van der Waals surface area contributed by atoms with Gasteiger partial charge in [-0.2, -0.15) is 23.5 Å². The van der Waals surface area contributed by atoms with Crippen LogP contribution in [0.1, 0.15) is 32.1 Å². The van der Waals surface area contributed by atoms with Gasteiger partial charge in [0.1, 0.15) is 18.1 Å². The molecule has 0 rings (SSSR count). The van der Waals surface area contributed by atoms with Crippen molar-refractivity contribution >= 4 is 59.1 Å². The van der Waals surface area contributed by atoms with Crippen LogP contribution in [-0.2, 0) is 24.0 Å². The van der Waals surface area contributed by atoms with Gasteiger partial charge < -0.3 is 44.0 Å². The first-order valence-electron chi connectivity index (χ1n) is 11.1. The number of guanidine groups is 1. The summed E-state index contributed by atoms with van der Waals surface area (Å²) >= 11 is 2.89. The third-order valence-corrected chi connectivity index (χ3v) is 6.10. The molecular formula is C20H38N8O6S2. The van der Waals surface area contributed by atoms with E-state index in [0.29, 0.717) is 24.5 Å². The summed E-state index contributed by atoms with van der Waals surface area (Å²) in [4.78, 5) is 64.7. The number of rotatable bonds is 19. The molecule has 0 radical (unpaired) electrons. The van der Waals surface area contributed by atoms with Gasteiger partial charge in [-0.1, -0.05) is 0 Å². The number of nitrogens with one attached hydrogen (secondary N) is 3. The molecule has 0 heterocycles. The Balaban J connectivity index is 5.35. The van der Waals surface area contributed by atoms with Crippen LogP contribution in [-0.4, -0.2) is 95.4 Å². The molecule has 0 fully saturated rings. The maximum Gasteiger partial charge on any atom is 0.326 e. The van der Waals surface area contributed by atoms with Crippen LogP contribution in [0.2, 0.25) is 0 Å².